The third kappa shape index (κ3) is 3.44. The molecule has 1 atom stereocenters. The fraction of sp³-hybridized carbons (Fsp3) is 0.550. The average molecular weight is 345 g/mol. The molecule has 5 nitrogen and oxygen atoms in total. The topological polar surface area (TPSA) is 73.9 Å². The number of furan rings is 1. The molecular formula is C20H27NO4. The summed E-state index contributed by atoms with van der Waals surface area (Å²) in [4.78, 5) is 14.6. The second-order valence-corrected chi connectivity index (χ2v) is 7.39. The maximum atomic E-state index is 12.8. The number of rotatable bonds is 3. The van der Waals surface area contributed by atoms with Crippen molar-refractivity contribution in [2.24, 2.45) is 0 Å². The number of nitrogens with zero attached hydrogens (tertiary/aromatic N) is 1. The van der Waals surface area contributed by atoms with E-state index in [1.807, 2.05) is 13.8 Å². The quantitative estimate of drug-likeness (QED) is 0.897. The first-order valence-corrected chi connectivity index (χ1v) is 8.92. The van der Waals surface area contributed by atoms with Crippen LogP contribution in [0.1, 0.15) is 41.5 Å². The molecule has 1 amide bonds. The lowest BCUT2D eigenvalue weighted by molar-refractivity contribution is -0.130. The summed E-state index contributed by atoms with van der Waals surface area (Å²) in [6, 6.07) is 2.13. The highest BCUT2D eigenvalue weighted by Gasteiger charge is 2.31. The van der Waals surface area contributed by atoms with Gasteiger partial charge in [-0.1, -0.05) is 6.07 Å². The van der Waals surface area contributed by atoms with Gasteiger partial charge in [0.15, 0.2) is 0 Å². The molecule has 2 heterocycles. The van der Waals surface area contributed by atoms with Crippen LogP contribution in [0.15, 0.2) is 16.7 Å². The zero-order chi connectivity index (χ0) is 18.2. The van der Waals surface area contributed by atoms with E-state index in [-0.39, 0.29) is 12.5 Å². The van der Waals surface area contributed by atoms with E-state index >= 15 is 0 Å². The van der Waals surface area contributed by atoms with Crippen LogP contribution in [0.5, 0.6) is 0 Å². The van der Waals surface area contributed by atoms with Crippen molar-refractivity contribution in [3.63, 3.8) is 0 Å². The summed E-state index contributed by atoms with van der Waals surface area (Å²) in [7, 11) is 0. The first kappa shape index (κ1) is 18.0. The lowest BCUT2D eigenvalue weighted by Gasteiger charge is -2.24. The molecule has 0 aliphatic carbocycles. The standard InChI is InChI=1S/C20H27NO4/c1-13-9-14(2)18-16(11-25-19(18)15(13)3)10-17(23)21-7-4-5-20(24,12-22)6-8-21/h9,11,22,24H,4-8,10,12H2,1-3H3/t20-/m1/s1. The second kappa shape index (κ2) is 6.81. The van der Waals surface area contributed by atoms with E-state index in [2.05, 4.69) is 13.0 Å². The lowest BCUT2D eigenvalue weighted by Crippen LogP contribution is -2.37. The highest BCUT2D eigenvalue weighted by molar-refractivity contribution is 5.91. The van der Waals surface area contributed by atoms with Gasteiger partial charge in [-0.25, -0.2) is 0 Å². The molecule has 3 rings (SSSR count). The minimum Gasteiger partial charge on any atom is -0.464 e. The van der Waals surface area contributed by atoms with Crippen LogP contribution in [0, 0.1) is 20.8 Å². The van der Waals surface area contributed by atoms with Crippen LogP contribution in [0.2, 0.25) is 0 Å². The van der Waals surface area contributed by atoms with E-state index < -0.39 is 5.60 Å². The molecule has 5 heteroatoms. The van der Waals surface area contributed by atoms with E-state index in [4.69, 9.17) is 4.42 Å². The molecule has 1 aliphatic heterocycles. The predicted molar refractivity (Wildman–Crippen MR) is 96.6 cm³/mol. The largest absolute Gasteiger partial charge is 0.464 e. The summed E-state index contributed by atoms with van der Waals surface area (Å²) in [5.41, 5.74) is 4.16. The number of amides is 1. The zero-order valence-electron chi connectivity index (χ0n) is 15.3. The van der Waals surface area contributed by atoms with Gasteiger partial charge in [0.2, 0.25) is 5.91 Å². The number of aliphatic hydroxyl groups excluding tert-OH is 1. The van der Waals surface area contributed by atoms with E-state index in [1.54, 1.807) is 11.2 Å². The number of carbonyl (C=O) groups excluding carboxylic acids is 1. The molecule has 136 valence electrons. The van der Waals surface area contributed by atoms with Crippen LogP contribution in [0.4, 0.5) is 0 Å². The van der Waals surface area contributed by atoms with E-state index in [9.17, 15) is 15.0 Å². The Morgan fingerprint density at radius 3 is 2.72 bits per heavy atom. The Kier molecular flexibility index (Phi) is 4.89. The number of fused-ring (bicyclic) bond motifs is 1. The molecule has 0 saturated carbocycles. The molecule has 0 unspecified atom stereocenters. The normalized spacial score (nSPS) is 21.6. The van der Waals surface area contributed by atoms with Crippen molar-refractivity contribution in [1.29, 1.82) is 0 Å². The molecule has 1 fully saturated rings. The van der Waals surface area contributed by atoms with Crippen molar-refractivity contribution in [3.05, 3.63) is 34.6 Å². The fourth-order valence-corrected chi connectivity index (χ4v) is 3.78. The average Bonchev–Trinajstić information content (AvgIpc) is 2.89. The summed E-state index contributed by atoms with van der Waals surface area (Å²) in [5.74, 6) is 0.0440. The molecule has 1 saturated heterocycles. The Morgan fingerprint density at radius 1 is 1.24 bits per heavy atom. The van der Waals surface area contributed by atoms with Gasteiger partial charge in [0, 0.05) is 24.0 Å². The second-order valence-electron chi connectivity index (χ2n) is 7.39. The van der Waals surface area contributed by atoms with Crippen molar-refractivity contribution in [1.82, 2.24) is 4.90 Å². The molecule has 0 bridgehead atoms. The van der Waals surface area contributed by atoms with E-state index in [1.165, 1.54) is 5.56 Å². The minimum atomic E-state index is -1.05. The molecule has 1 aromatic carbocycles. The number of hydrogen-bond donors (Lipinski definition) is 2. The van der Waals surface area contributed by atoms with Crippen molar-refractivity contribution in [2.75, 3.05) is 19.7 Å². The SMILES string of the molecule is Cc1cc(C)c2c(CC(=O)N3CCC[C@](O)(CO)CC3)coc2c1C. The van der Waals surface area contributed by atoms with Crippen molar-refractivity contribution < 1.29 is 19.4 Å². The summed E-state index contributed by atoms with van der Waals surface area (Å²) in [5, 5.41) is 20.6. The first-order valence-electron chi connectivity index (χ1n) is 8.92. The maximum absolute atomic E-state index is 12.8. The molecule has 2 N–H and O–H groups in total. The van der Waals surface area contributed by atoms with Gasteiger partial charge < -0.3 is 19.5 Å². The summed E-state index contributed by atoms with van der Waals surface area (Å²) < 4.78 is 5.76. The van der Waals surface area contributed by atoms with Gasteiger partial charge in [-0.15, -0.1) is 0 Å². The molecule has 1 aliphatic rings. The molecule has 0 spiro atoms. The van der Waals surface area contributed by atoms with Crippen molar-refractivity contribution >= 4 is 16.9 Å². The van der Waals surface area contributed by atoms with Crippen LogP contribution in [-0.2, 0) is 11.2 Å². The summed E-state index contributed by atoms with van der Waals surface area (Å²) >= 11 is 0. The smallest absolute Gasteiger partial charge is 0.227 e. The number of likely N-dealkylation sites (tertiary alicyclic amines) is 1. The minimum absolute atomic E-state index is 0.0440. The Morgan fingerprint density at radius 2 is 2.00 bits per heavy atom. The van der Waals surface area contributed by atoms with E-state index in [0.717, 1.165) is 27.7 Å². The third-order valence-electron chi connectivity index (χ3n) is 5.53. The van der Waals surface area contributed by atoms with Gasteiger partial charge in [0.05, 0.1) is 24.9 Å². The van der Waals surface area contributed by atoms with Gasteiger partial charge >= 0.3 is 0 Å². The molecule has 0 radical (unpaired) electrons. The molecule has 25 heavy (non-hydrogen) atoms. The summed E-state index contributed by atoms with van der Waals surface area (Å²) in [6.45, 7) is 6.99. The Balaban J connectivity index is 1.80. The number of benzene rings is 1. The van der Waals surface area contributed by atoms with E-state index in [0.29, 0.717) is 38.8 Å². The molecule has 2 aromatic rings. The number of aryl methyl sites for hydroxylation is 3. The van der Waals surface area contributed by atoms with Crippen LogP contribution >= 0.6 is 0 Å². The number of aliphatic hydroxyl groups is 2. The lowest BCUT2D eigenvalue weighted by atomic mass is 9.96. The van der Waals surface area contributed by atoms with Gasteiger partial charge in [0.25, 0.3) is 0 Å². The van der Waals surface area contributed by atoms with Crippen molar-refractivity contribution in [3.8, 4) is 0 Å². The van der Waals surface area contributed by atoms with Crippen LogP contribution in [0.3, 0.4) is 0 Å². The van der Waals surface area contributed by atoms with Crippen molar-refractivity contribution in [2.45, 2.75) is 52.1 Å². The Bertz CT molecular complexity index is 795. The van der Waals surface area contributed by atoms with Gasteiger partial charge in [0.1, 0.15) is 5.58 Å². The number of carbonyl (C=O) groups is 1. The predicted octanol–water partition coefficient (Wildman–Crippen LogP) is 2.64. The van der Waals surface area contributed by atoms with Crippen LogP contribution < -0.4 is 0 Å². The highest BCUT2D eigenvalue weighted by Crippen LogP contribution is 2.31. The maximum Gasteiger partial charge on any atom is 0.227 e. The van der Waals surface area contributed by atoms with Gasteiger partial charge in [-0.3, -0.25) is 4.79 Å². The van der Waals surface area contributed by atoms with Crippen LogP contribution in [0.25, 0.3) is 11.0 Å². The molecule has 1 aromatic heterocycles. The summed E-state index contributed by atoms with van der Waals surface area (Å²) in [6.07, 6.45) is 3.64. The highest BCUT2D eigenvalue weighted by atomic mass is 16.3. The zero-order valence-corrected chi connectivity index (χ0v) is 15.3. The van der Waals surface area contributed by atoms with Crippen LogP contribution in [-0.4, -0.2) is 46.3 Å². The van der Waals surface area contributed by atoms with Gasteiger partial charge in [-0.2, -0.15) is 0 Å². The molecular weight excluding hydrogens is 318 g/mol. The number of hydrogen-bond acceptors (Lipinski definition) is 4. The monoisotopic (exact) mass is 345 g/mol. The van der Waals surface area contributed by atoms with Gasteiger partial charge in [-0.05, 0) is 56.7 Å². The Labute approximate surface area is 148 Å². The Hall–Kier alpha value is -1.85. The third-order valence-corrected chi connectivity index (χ3v) is 5.53. The first-order chi connectivity index (χ1) is 11.8. The fourth-order valence-electron chi connectivity index (χ4n) is 3.78.